The van der Waals surface area contributed by atoms with E-state index in [0.717, 1.165) is 16.5 Å². The quantitative estimate of drug-likeness (QED) is 0.773. The summed E-state index contributed by atoms with van der Waals surface area (Å²) in [5.41, 5.74) is 2.34. The Bertz CT molecular complexity index is 782. The van der Waals surface area contributed by atoms with Gasteiger partial charge in [0, 0.05) is 16.6 Å². The number of halogens is 1. The lowest BCUT2D eigenvalue weighted by atomic mass is 10.1. The molecular formula is C15H11ClN2O2. The van der Waals surface area contributed by atoms with Crippen LogP contribution in [0.3, 0.4) is 0 Å². The van der Waals surface area contributed by atoms with Gasteiger partial charge in [-0.2, -0.15) is 0 Å². The van der Waals surface area contributed by atoms with Gasteiger partial charge >= 0.3 is 0 Å². The molecule has 0 fully saturated rings. The number of furan rings is 1. The Labute approximate surface area is 120 Å². The Balaban J connectivity index is 2.04. The van der Waals surface area contributed by atoms with E-state index in [1.165, 1.54) is 6.26 Å². The molecule has 3 rings (SSSR count). The number of hydrogen-bond donors (Lipinski definition) is 1. The first-order valence-corrected chi connectivity index (χ1v) is 6.43. The summed E-state index contributed by atoms with van der Waals surface area (Å²) >= 11 is 6.08. The van der Waals surface area contributed by atoms with Crippen LogP contribution in [-0.2, 0) is 0 Å². The largest absolute Gasteiger partial charge is 0.459 e. The molecule has 0 aliphatic carbocycles. The molecule has 2 heterocycles. The summed E-state index contributed by atoms with van der Waals surface area (Å²) in [5, 5.41) is 4.31. The molecule has 4 nitrogen and oxygen atoms in total. The van der Waals surface area contributed by atoms with Gasteiger partial charge in [-0.1, -0.05) is 11.6 Å². The van der Waals surface area contributed by atoms with E-state index in [1.54, 1.807) is 30.5 Å². The number of amides is 1. The van der Waals surface area contributed by atoms with Crippen molar-refractivity contribution in [2.45, 2.75) is 6.92 Å². The van der Waals surface area contributed by atoms with E-state index < -0.39 is 0 Å². The van der Waals surface area contributed by atoms with Gasteiger partial charge in [-0.05, 0) is 42.8 Å². The molecule has 0 saturated carbocycles. The van der Waals surface area contributed by atoms with Crippen molar-refractivity contribution >= 4 is 34.1 Å². The van der Waals surface area contributed by atoms with Crippen LogP contribution in [0.2, 0.25) is 5.02 Å². The maximum absolute atomic E-state index is 12.0. The van der Waals surface area contributed by atoms with E-state index in [9.17, 15) is 4.79 Å². The number of benzene rings is 1. The minimum Gasteiger partial charge on any atom is -0.459 e. The van der Waals surface area contributed by atoms with E-state index in [1.807, 2.05) is 13.0 Å². The molecule has 0 spiro atoms. The molecular weight excluding hydrogens is 276 g/mol. The Morgan fingerprint density at radius 2 is 2.15 bits per heavy atom. The lowest BCUT2D eigenvalue weighted by Crippen LogP contribution is -2.11. The van der Waals surface area contributed by atoms with Crippen molar-refractivity contribution in [3.63, 3.8) is 0 Å². The second-order valence-corrected chi connectivity index (χ2v) is 4.77. The van der Waals surface area contributed by atoms with Crippen LogP contribution in [0.4, 0.5) is 5.69 Å². The molecule has 3 aromatic rings. The summed E-state index contributed by atoms with van der Waals surface area (Å²) < 4.78 is 5.07. The van der Waals surface area contributed by atoms with Gasteiger partial charge in [-0.15, -0.1) is 0 Å². The van der Waals surface area contributed by atoms with Crippen LogP contribution in [0.25, 0.3) is 10.9 Å². The van der Waals surface area contributed by atoms with E-state index in [2.05, 4.69) is 10.3 Å². The van der Waals surface area contributed by atoms with Crippen molar-refractivity contribution in [3.8, 4) is 0 Å². The summed E-state index contributed by atoms with van der Waals surface area (Å²) in [7, 11) is 0. The van der Waals surface area contributed by atoms with Gasteiger partial charge < -0.3 is 9.73 Å². The van der Waals surface area contributed by atoms with Gasteiger partial charge in [0.1, 0.15) is 0 Å². The summed E-state index contributed by atoms with van der Waals surface area (Å²) in [5.74, 6) is -0.0317. The molecule has 0 radical (unpaired) electrons. The maximum Gasteiger partial charge on any atom is 0.291 e. The molecule has 1 N–H and O–H groups in total. The van der Waals surface area contributed by atoms with Crippen LogP contribution in [0.1, 0.15) is 16.1 Å². The third kappa shape index (κ3) is 2.14. The molecule has 100 valence electrons. The number of rotatable bonds is 2. The summed E-state index contributed by atoms with van der Waals surface area (Å²) in [6, 6.07) is 8.67. The Hall–Kier alpha value is -2.33. The Morgan fingerprint density at radius 1 is 1.30 bits per heavy atom. The van der Waals surface area contributed by atoms with Crippen LogP contribution < -0.4 is 5.32 Å². The van der Waals surface area contributed by atoms with E-state index in [-0.39, 0.29) is 11.7 Å². The third-order valence-corrected chi connectivity index (χ3v) is 3.50. The van der Waals surface area contributed by atoms with Crippen molar-refractivity contribution in [2.24, 2.45) is 0 Å². The first-order chi connectivity index (χ1) is 9.66. The highest BCUT2D eigenvalue weighted by Crippen LogP contribution is 2.28. The lowest BCUT2D eigenvalue weighted by Gasteiger charge is -2.09. The molecule has 0 saturated heterocycles. The fraction of sp³-hybridized carbons (Fsp3) is 0.0667. The highest BCUT2D eigenvalue weighted by molar-refractivity contribution is 6.32. The second-order valence-electron chi connectivity index (χ2n) is 4.36. The monoisotopic (exact) mass is 286 g/mol. The predicted octanol–water partition coefficient (Wildman–Crippen LogP) is 4.04. The number of hydrogen-bond acceptors (Lipinski definition) is 3. The molecule has 0 bridgehead atoms. The van der Waals surface area contributed by atoms with Crippen molar-refractivity contribution in [3.05, 3.63) is 59.1 Å². The van der Waals surface area contributed by atoms with Gasteiger partial charge in [0.2, 0.25) is 0 Å². The van der Waals surface area contributed by atoms with Crippen molar-refractivity contribution in [2.75, 3.05) is 5.32 Å². The van der Waals surface area contributed by atoms with Crippen molar-refractivity contribution in [1.82, 2.24) is 4.98 Å². The number of fused-ring (bicyclic) bond motifs is 1. The first kappa shape index (κ1) is 12.7. The molecule has 20 heavy (non-hydrogen) atoms. The smallest absolute Gasteiger partial charge is 0.291 e. The minimum atomic E-state index is -0.296. The van der Waals surface area contributed by atoms with Gasteiger partial charge in [0.15, 0.2) is 5.76 Å². The number of nitrogens with zero attached hydrogens (tertiary/aromatic N) is 1. The van der Waals surface area contributed by atoms with E-state index >= 15 is 0 Å². The highest BCUT2D eigenvalue weighted by atomic mass is 35.5. The fourth-order valence-corrected chi connectivity index (χ4v) is 2.19. The zero-order valence-electron chi connectivity index (χ0n) is 10.7. The van der Waals surface area contributed by atoms with Crippen LogP contribution in [0.15, 0.2) is 47.2 Å². The van der Waals surface area contributed by atoms with Gasteiger partial charge in [0.05, 0.1) is 17.5 Å². The maximum atomic E-state index is 12.0. The SMILES string of the molecule is Cc1c(Cl)ccc2c(NC(=O)c3ccco3)ccnc12. The van der Waals surface area contributed by atoms with E-state index in [4.69, 9.17) is 16.0 Å². The number of carbonyl (C=O) groups is 1. The molecule has 0 atom stereocenters. The number of pyridine rings is 1. The summed E-state index contributed by atoms with van der Waals surface area (Å²) in [6.07, 6.45) is 3.10. The Morgan fingerprint density at radius 3 is 2.90 bits per heavy atom. The zero-order valence-corrected chi connectivity index (χ0v) is 11.4. The number of aryl methyl sites for hydroxylation is 1. The number of carbonyl (C=O) groups excluding carboxylic acids is 1. The average molecular weight is 287 g/mol. The summed E-state index contributed by atoms with van der Waals surface area (Å²) in [6.45, 7) is 1.90. The molecule has 5 heteroatoms. The van der Waals surface area contributed by atoms with Gasteiger partial charge in [-0.25, -0.2) is 0 Å². The van der Waals surface area contributed by atoms with Crippen molar-refractivity contribution in [1.29, 1.82) is 0 Å². The molecule has 2 aromatic heterocycles. The predicted molar refractivity (Wildman–Crippen MR) is 78.2 cm³/mol. The molecule has 1 aromatic carbocycles. The minimum absolute atomic E-state index is 0.264. The lowest BCUT2D eigenvalue weighted by molar-refractivity contribution is 0.0997. The molecule has 0 aliphatic heterocycles. The van der Waals surface area contributed by atoms with Gasteiger partial charge in [0.25, 0.3) is 5.91 Å². The topological polar surface area (TPSA) is 55.1 Å². The van der Waals surface area contributed by atoms with Crippen LogP contribution in [-0.4, -0.2) is 10.9 Å². The van der Waals surface area contributed by atoms with Crippen LogP contribution >= 0.6 is 11.6 Å². The molecule has 1 amide bonds. The number of nitrogens with one attached hydrogen (secondary N) is 1. The average Bonchev–Trinajstić information content (AvgIpc) is 2.97. The zero-order chi connectivity index (χ0) is 14.1. The van der Waals surface area contributed by atoms with Gasteiger partial charge in [-0.3, -0.25) is 9.78 Å². The van der Waals surface area contributed by atoms with Crippen LogP contribution in [0.5, 0.6) is 0 Å². The standard InChI is InChI=1S/C15H11ClN2O2/c1-9-11(16)5-4-10-12(6-7-17-14(9)10)18-15(19)13-3-2-8-20-13/h2-8H,1H3,(H,17,18,19). The highest BCUT2D eigenvalue weighted by Gasteiger charge is 2.12. The molecule has 0 aliphatic rings. The first-order valence-electron chi connectivity index (χ1n) is 6.05. The number of aromatic nitrogens is 1. The number of anilines is 1. The van der Waals surface area contributed by atoms with Crippen molar-refractivity contribution < 1.29 is 9.21 Å². The normalized spacial score (nSPS) is 10.7. The Kier molecular flexibility index (Phi) is 3.16. The van der Waals surface area contributed by atoms with Crippen LogP contribution in [0, 0.1) is 6.92 Å². The summed E-state index contributed by atoms with van der Waals surface area (Å²) in [4.78, 5) is 16.3. The fourth-order valence-electron chi connectivity index (χ4n) is 2.04. The second kappa shape index (κ2) is 4.98. The van der Waals surface area contributed by atoms with E-state index in [0.29, 0.717) is 10.7 Å². The third-order valence-electron chi connectivity index (χ3n) is 3.09. The molecule has 0 unspecified atom stereocenters.